The third-order valence-corrected chi connectivity index (χ3v) is 5.13. The molecule has 0 radical (unpaired) electrons. The first-order valence-corrected chi connectivity index (χ1v) is 10.1. The fraction of sp³-hybridized carbons (Fsp3) is 0.261. The second-order valence-corrected chi connectivity index (χ2v) is 7.79. The van der Waals surface area contributed by atoms with Crippen LogP contribution < -0.4 is 10.6 Å². The Balaban J connectivity index is 1.79. The van der Waals surface area contributed by atoms with Gasteiger partial charge in [0, 0.05) is 11.9 Å². The first kappa shape index (κ1) is 21.6. The van der Waals surface area contributed by atoms with Crippen molar-refractivity contribution in [2.45, 2.75) is 40.2 Å². The Morgan fingerprint density at radius 3 is 2.27 bits per heavy atom. The number of nitrogens with one attached hydrogen (secondary N) is 2. The maximum Gasteiger partial charge on any atom is 0.226 e. The van der Waals surface area contributed by atoms with Gasteiger partial charge in [-0.3, -0.25) is 9.59 Å². The molecule has 0 bridgehead atoms. The Labute approximate surface area is 181 Å². The lowest BCUT2D eigenvalue weighted by molar-refractivity contribution is -0.120. The van der Waals surface area contributed by atoms with Gasteiger partial charge in [-0.2, -0.15) is 5.10 Å². The number of hydrogen-bond donors (Lipinski definition) is 2. The summed E-state index contributed by atoms with van der Waals surface area (Å²) in [5, 5.41) is 11.0. The van der Waals surface area contributed by atoms with Gasteiger partial charge in [0.2, 0.25) is 11.8 Å². The number of hydrogen-bond acceptors (Lipinski definition) is 3. The molecule has 1 aromatic heterocycles. The second-order valence-electron chi connectivity index (χ2n) is 7.35. The molecule has 30 heavy (non-hydrogen) atoms. The molecule has 156 valence electrons. The van der Waals surface area contributed by atoms with Gasteiger partial charge >= 0.3 is 0 Å². The van der Waals surface area contributed by atoms with E-state index in [-0.39, 0.29) is 18.2 Å². The third-order valence-electron chi connectivity index (χ3n) is 4.87. The number of halogens is 1. The van der Waals surface area contributed by atoms with Crippen LogP contribution >= 0.6 is 11.6 Å². The van der Waals surface area contributed by atoms with E-state index in [0.29, 0.717) is 10.7 Å². The van der Waals surface area contributed by atoms with Crippen LogP contribution in [0.2, 0.25) is 5.02 Å². The standard InChI is InChI=1S/C23H25ClN4O2/c1-14-5-11-20(12-6-14)28-16(3)23(15(2)27-28)26-22(30)13-21(25-17(4)29)18-7-9-19(24)10-8-18/h5-12,21H,13H2,1-4H3,(H,25,29)(H,26,30). The summed E-state index contributed by atoms with van der Waals surface area (Å²) in [6, 6.07) is 14.7. The monoisotopic (exact) mass is 424 g/mol. The van der Waals surface area contributed by atoms with Crippen molar-refractivity contribution >= 4 is 29.1 Å². The Kier molecular flexibility index (Phi) is 6.57. The van der Waals surface area contributed by atoms with Gasteiger partial charge in [0.15, 0.2) is 0 Å². The minimum absolute atomic E-state index is 0.0931. The molecule has 2 aromatic carbocycles. The van der Waals surface area contributed by atoms with Gasteiger partial charge in [0.25, 0.3) is 0 Å². The summed E-state index contributed by atoms with van der Waals surface area (Å²) in [6.07, 6.45) is 0.0931. The smallest absolute Gasteiger partial charge is 0.226 e. The highest BCUT2D eigenvalue weighted by Crippen LogP contribution is 2.25. The van der Waals surface area contributed by atoms with Crippen molar-refractivity contribution in [3.63, 3.8) is 0 Å². The quantitative estimate of drug-likeness (QED) is 0.604. The number of aromatic nitrogens is 2. The van der Waals surface area contributed by atoms with Crippen LogP contribution in [0, 0.1) is 20.8 Å². The molecule has 0 aliphatic rings. The van der Waals surface area contributed by atoms with Crippen LogP contribution in [0.4, 0.5) is 5.69 Å². The average Bonchev–Trinajstić information content (AvgIpc) is 2.96. The molecular weight excluding hydrogens is 400 g/mol. The number of nitrogens with zero attached hydrogens (tertiary/aromatic N) is 2. The van der Waals surface area contributed by atoms with Crippen LogP contribution in [0.5, 0.6) is 0 Å². The van der Waals surface area contributed by atoms with Crippen molar-refractivity contribution < 1.29 is 9.59 Å². The molecule has 1 unspecified atom stereocenters. The van der Waals surface area contributed by atoms with Crippen molar-refractivity contribution in [2.24, 2.45) is 0 Å². The molecule has 2 N–H and O–H groups in total. The van der Waals surface area contributed by atoms with E-state index in [2.05, 4.69) is 15.7 Å². The summed E-state index contributed by atoms with van der Waals surface area (Å²) >= 11 is 5.96. The molecule has 0 saturated carbocycles. The maximum atomic E-state index is 12.8. The van der Waals surface area contributed by atoms with Crippen LogP contribution in [0.1, 0.15) is 41.9 Å². The zero-order chi connectivity index (χ0) is 21.8. The van der Waals surface area contributed by atoms with E-state index < -0.39 is 6.04 Å². The Morgan fingerprint density at radius 1 is 1.03 bits per heavy atom. The van der Waals surface area contributed by atoms with Gasteiger partial charge in [-0.25, -0.2) is 4.68 Å². The second kappa shape index (κ2) is 9.13. The average molecular weight is 425 g/mol. The van der Waals surface area contributed by atoms with Crippen molar-refractivity contribution in [1.29, 1.82) is 0 Å². The number of carbonyl (C=O) groups excluding carboxylic acids is 2. The van der Waals surface area contributed by atoms with Gasteiger partial charge < -0.3 is 10.6 Å². The van der Waals surface area contributed by atoms with Crippen LogP contribution in [0.25, 0.3) is 5.69 Å². The molecular formula is C23H25ClN4O2. The van der Waals surface area contributed by atoms with E-state index >= 15 is 0 Å². The number of rotatable bonds is 6. The van der Waals surface area contributed by atoms with Gasteiger partial charge in [0.1, 0.15) is 0 Å². The predicted octanol–water partition coefficient (Wildman–Crippen LogP) is 4.66. The Hall–Kier alpha value is -3.12. The van der Waals surface area contributed by atoms with Crippen LogP contribution in [0.15, 0.2) is 48.5 Å². The van der Waals surface area contributed by atoms with Crippen molar-refractivity contribution in [1.82, 2.24) is 15.1 Å². The Bertz CT molecular complexity index is 1060. The van der Waals surface area contributed by atoms with Crippen LogP contribution in [-0.4, -0.2) is 21.6 Å². The fourth-order valence-electron chi connectivity index (χ4n) is 3.33. The predicted molar refractivity (Wildman–Crippen MR) is 119 cm³/mol. The first-order valence-electron chi connectivity index (χ1n) is 9.70. The lowest BCUT2D eigenvalue weighted by atomic mass is 10.0. The van der Waals surface area contributed by atoms with Crippen molar-refractivity contribution in [3.05, 3.63) is 76.1 Å². The summed E-state index contributed by atoms with van der Waals surface area (Å²) in [6.45, 7) is 7.24. The van der Waals surface area contributed by atoms with E-state index in [1.165, 1.54) is 12.5 Å². The summed E-state index contributed by atoms with van der Waals surface area (Å²) < 4.78 is 1.81. The first-order chi connectivity index (χ1) is 14.2. The van der Waals surface area contributed by atoms with Crippen molar-refractivity contribution in [3.8, 4) is 5.69 Å². The topological polar surface area (TPSA) is 76.0 Å². The highest BCUT2D eigenvalue weighted by molar-refractivity contribution is 6.30. The maximum absolute atomic E-state index is 12.8. The highest BCUT2D eigenvalue weighted by atomic mass is 35.5. The summed E-state index contributed by atoms with van der Waals surface area (Å²) in [5.74, 6) is -0.416. The lowest BCUT2D eigenvalue weighted by Crippen LogP contribution is -2.29. The van der Waals surface area contributed by atoms with Crippen LogP contribution in [-0.2, 0) is 9.59 Å². The number of anilines is 1. The summed E-state index contributed by atoms with van der Waals surface area (Å²) in [4.78, 5) is 24.5. The number of benzene rings is 2. The van der Waals surface area contributed by atoms with Crippen molar-refractivity contribution in [2.75, 3.05) is 5.32 Å². The van der Waals surface area contributed by atoms with E-state index in [1.807, 2.05) is 61.9 Å². The molecule has 3 rings (SSSR count). The molecule has 6 nitrogen and oxygen atoms in total. The zero-order valence-electron chi connectivity index (χ0n) is 17.5. The van der Waals surface area contributed by atoms with E-state index in [0.717, 1.165) is 22.6 Å². The zero-order valence-corrected chi connectivity index (χ0v) is 18.2. The highest BCUT2D eigenvalue weighted by Gasteiger charge is 2.20. The molecule has 1 atom stereocenters. The Morgan fingerprint density at radius 2 is 1.67 bits per heavy atom. The SMILES string of the molecule is CC(=O)NC(CC(=O)Nc1c(C)nn(-c2ccc(C)cc2)c1C)c1ccc(Cl)cc1. The fourth-order valence-corrected chi connectivity index (χ4v) is 3.46. The van der Waals surface area contributed by atoms with E-state index in [1.54, 1.807) is 12.1 Å². The van der Waals surface area contributed by atoms with E-state index in [4.69, 9.17) is 11.6 Å². The molecule has 0 fully saturated rings. The number of carbonyl (C=O) groups is 2. The molecule has 0 aliphatic heterocycles. The normalized spacial score (nSPS) is 11.8. The van der Waals surface area contributed by atoms with Gasteiger partial charge in [0.05, 0.1) is 35.2 Å². The minimum atomic E-state index is -0.451. The molecule has 0 aliphatic carbocycles. The molecule has 7 heteroatoms. The number of aryl methyl sites for hydroxylation is 2. The summed E-state index contributed by atoms with van der Waals surface area (Å²) in [7, 11) is 0. The van der Waals surface area contributed by atoms with Crippen LogP contribution in [0.3, 0.4) is 0 Å². The van der Waals surface area contributed by atoms with Gasteiger partial charge in [-0.15, -0.1) is 0 Å². The van der Waals surface area contributed by atoms with E-state index in [9.17, 15) is 9.59 Å². The molecule has 0 saturated heterocycles. The lowest BCUT2D eigenvalue weighted by Gasteiger charge is -2.18. The largest absolute Gasteiger partial charge is 0.349 e. The number of amides is 2. The minimum Gasteiger partial charge on any atom is -0.349 e. The van der Waals surface area contributed by atoms with Gasteiger partial charge in [-0.1, -0.05) is 41.4 Å². The third kappa shape index (κ3) is 5.07. The molecule has 3 aromatic rings. The molecule has 1 heterocycles. The molecule has 2 amide bonds. The van der Waals surface area contributed by atoms with Gasteiger partial charge in [-0.05, 0) is 50.6 Å². The molecule has 0 spiro atoms. The summed E-state index contributed by atoms with van der Waals surface area (Å²) in [5.41, 5.74) is 5.15.